The highest BCUT2D eigenvalue weighted by atomic mass is 35.5. The number of rotatable bonds is 3. The number of benzene rings is 1. The number of alkyl halides is 3. The standard InChI is InChI=1S/C14H16ClF3N2O/c1-8(2)19-11-6-7-20(13(11)21)12-9(14(16,17)18)4-3-5-10(12)15/h3-5,8,11,19H,6-7H2,1-2H3. The molecule has 1 aliphatic rings. The molecule has 3 nitrogen and oxygen atoms in total. The Labute approximate surface area is 126 Å². The van der Waals surface area contributed by atoms with Crippen LogP contribution in [-0.4, -0.2) is 24.5 Å². The van der Waals surface area contributed by atoms with Gasteiger partial charge in [0.2, 0.25) is 5.91 Å². The molecule has 7 heteroatoms. The van der Waals surface area contributed by atoms with Crippen molar-refractivity contribution in [2.75, 3.05) is 11.4 Å². The minimum atomic E-state index is -4.55. The summed E-state index contributed by atoms with van der Waals surface area (Å²) in [6.45, 7) is 3.98. The van der Waals surface area contributed by atoms with Gasteiger partial charge in [-0.2, -0.15) is 13.2 Å². The number of anilines is 1. The molecule has 1 aromatic rings. The average Bonchev–Trinajstić information content (AvgIpc) is 2.69. The lowest BCUT2D eigenvalue weighted by atomic mass is 10.1. The zero-order valence-electron chi connectivity index (χ0n) is 11.7. The molecule has 2 rings (SSSR count). The fourth-order valence-corrected chi connectivity index (χ4v) is 2.75. The van der Waals surface area contributed by atoms with E-state index in [-0.39, 0.29) is 29.2 Å². The number of carbonyl (C=O) groups is 1. The van der Waals surface area contributed by atoms with Gasteiger partial charge >= 0.3 is 6.18 Å². The van der Waals surface area contributed by atoms with Crippen molar-refractivity contribution in [3.63, 3.8) is 0 Å². The molecular weight excluding hydrogens is 305 g/mol. The van der Waals surface area contributed by atoms with E-state index < -0.39 is 17.8 Å². The normalized spacial score (nSPS) is 19.7. The highest BCUT2D eigenvalue weighted by molar-refractivity contribution is 6.34. The minimum Gasteiger partial charge on any atom is -0.309 e. The van der Waals surface area contributed by atoms with Crippen molar-refractivity contribution in [3.8, 4) is 0 Å². The van der Waals surface area contributed by atoms with Crippen LogP contribution in [0, 0.1) is 0 Å². The molecule has 1 saturated heterocycles. The van der Waals surface area contributed by atoms with Crippen molar-refractivity contribution in [2.24, 2.45) is 0 Å². The second-order valence-corrected chi connectivity index (χ2v) is 5.69. The van der Waals surface area contributed by atoms with Gasteiger partial charge in [0.25, 0.3) is 0 Å². The maximum Gasteiger partial charge on any atom is 0.418 e. The molecule has 0 radical (unpaired) electrons. The van der Waals surface area contributed by atoms with Crippen molar-refractivity contribution >= 4 is 23.2 Å². The smallest absolute Gasteiger partial charge is 0.309 e. The molecule has 0 bridgehead atoms. The SMILES string of the molecule is CC(C)NC1CCN(c2c(Cl)cccc2C(F)(F)F)C1=O. The molecule has 1 atom stereocenters. The van der Waals surface area contributed by atoms with Gasteiger partial charge in [-0.3, -0.25) is 4.79 Å². The molecule has 1 fully saturated rings. The summed E-state index contributed by atoms with van der Waals surface area (Å²) in [5.74, 6) is -0.373. The van der Waals surface area contributed by atoms with Gasteiger partial charge in [0.1, 0.15) is 0 Å². The molecule has 1 amide bonds. The van der Waals surface area contributed by atoms with Gasteiger partial charge in [-0.05, 0) is 18.6 Å². The van der Waals surface area contributed by atoms with Crippen LogP contribution in [0.3, 0.4) is 0 Å². The predicted molar refractivity (Wildman–Crippen MR) is 75.5 cm³/mol. The van der Waals surface area contributed by atoms with Crippen LogP contribution >= 0.6 is 11.6 Å². The first-order chi connectivity index (χ1) is 9.71. The monoisotopic (exact) mass is 320 g/mol. The molecule has 0 saturated carbocycles. The zero-order valence-corrected chi connectivity index (χ0v) is 12.4. The van der Waals surface area contributed by atoms with E-state index in [9.17, 15) is 18.0 Å². The van der Waals surface area contributed by atoms with E-state index >= 15 is 0 Å². The Morgan fingerprint density at radius 1 is 1.38 bits per heavy atom. The topological polar surface area (TPSA) is 32.3 Å². The number of para-hydroxylation sites is 1. The number of amides is 1. The van der Waals surface area contributed by atoms with Crippen LogP contribution in [0.4, 0.5) is 18.9 Å². The van der Waals surface area contributed by atoms with E-state index in [1.54, 1.807) is 0 Å². The highest BCUT2D eigenvalue weighted by Crippen LogP contribution is 2.41. The highest BCUT2D eigenvalue weighted by Gasteiger charge is 2.40. The van der Waals surface area contributed by atoms with E-state index in [2.05, 4.69) is 5.32 Å². The Bertz CT molecular complexity index is 546. The van der Waals surface area contributed by atoms with Gasteiger partial charge in [0, 0.05) is 12.6 Å². The third-order valence-electron chi connectivity index (χ3n) is 3.30. The molecule has 116 valence electrons. The lowest BCUT2D eigenvalue weighted by Gasteiger charge is -2.23. The quantitative estimate of drug-likeness (QED) is 0.925. The summed E-state index contributed by atoms with van der Waals surface area (Å²) in [4.78, 5) is 13.4. The van der Waals surface area contributed by atoms with Crippen molar-refractivity contribution in [3.05, 3.63) is 28.8 Å². The molecular formula is C14H16ClF3N2O. The van der Waals surface area contributed by atoms with Crippen LogP contribution in [-0.2, 0) is 11.0 Å². The summed E-state index contributed by atoms with van der Waals surface area (Å²) in [5, 5.41) is 2.99. The molecule has 1 aliphatic heterocycles. The lowest BCUT2D eigenvalue weighted by molar-refractivity contribution is -0.137. The van der Waals surface area contributed by atoms with Gasteiger partial charge in [0.05, 0.1) is 22.3 Å². The number of nitrogens with one attached hydrogen (secondary N) is 1. The molecule has 0 spiro atoms. The zero-order chi connectivity index (χ0) is 15.8. The molecule has 0 aliphatic carbocycles. The Kier molecular flexibility index (Phi) is 4.49. The first-order valence-electron chi connectivity index (χ1n) is 6.65. The fourth-order valence-electron chi connectivity index (χ4n) is 2.48. The molecule has 21 heavy (non-hydrogen) atoms. The average molecular weight is 321 g/mol. The molecule has 0 aromatic heterocycles. The third kappa shape index (κ3) is 3.32. The van der Waals surface area contributed by atoms with Crippen molar-refractivity contribution in [1.29, 1.82) is 0 Å². The van der Waals surface area contributed by atoms with E-state index in [4.69, 9.17) is 11.6 Å². The van der Waals surface area contributed by atoms with Crippen LogP contribution in [0.1, 0.15) is 25.8 Å². The Balaban J connectivity index is 2.37. The van der Waals surface area contributed by atoms with Crippen molar-refractivity contribution in [1.82, 2.24) is 5.32 Å². The van der Waals surface area contributed by atoms with Crippen molar-refractivity contribution in [2.45, 2.75) is 38.5 Å². The van der Waals surface area contributed by atoms with Gasteiger partial charge in [-0.15, -0.1) is 0 Å². The van der Waals surface area contributed by atoms with Gasteiger partial charge in [0.15, 0.2) is 0 Å². The Hall–Kier alpha value is -1.27. The summed E-state index contributed by atoms with van der Waals surface area (Å²) in [5.41, 5.74) is -1.13. The van der Waals surface area contributed by atoms with E-state index in [1.165, 1.54) is 12.1 Å². The first kappa shape index (κ1) is 16.1. The Morgan fingerprint density at radius 3 is 2.62 bits per heavy atom. The second kappa shape index (κ2) is 5.85. The molecule has 1 unspecified atom stereocenters. The summed E-state index contributed by atoms with van der Waals surface area (Å²) in [6, 6.07) is 3.15. The summed E-state index contributed by atoms with van der Waals surface area (Å²) >= 11 is 5.92. The van der Waals surface area contributed by atoms with E-state index in [0.29, 0.717) is 6.42 Å². The number of hydrogen-bond acceptors (Lipinski definition) is 2. The van der Waals surface area contributed by atoms with Crippen LogP contribution < -0.4 is 10.2 Å². The van der Waals surface area contributed by atoms with Crippen LogP contribution in [0.2, 0.25) is 5.02 Å². The first-order valence-corrected chi connectivity index (χ1v) is 7.02. The Morgan fingerprint density at radius 2 is 2.05 bits per heavy atom. The fraction of sp³-hybridized carbons (Fsp3) is 0.500. The molecule has 1 N–H and O–H groups in total. The number of halogens is 4. The van der Waals surface area contributed by atoms with Crippen LogP contribution in [0.5, 0.6) is 0 Å². The van der Waals surface area contributed by atoms with Gasteiger partial charge < -0.3 is 10.2 Å². The number of nitrogens with zero attached hydrogens (tertiary/aromatic N) is 1. The molecule has 1 aromatic carbocycles. The minimum absolute atomic E-state index is 0.0663. The number of carbonyl (C=O) groups excluding carboxylic acids is 1. The third-order valence-corrected chi connectivity index (χ3v) is 3.61. The summed E-state index contributed by atoms with van der Waals surface area (Å²) in [6.07, 6.45) is -4.09. The number of hydrogen-bond donors (Lipinski definition) is 1. The summed E-state index contributed by atoms with van der Waals surface area (Å²) in [7, 11) is 0. The van der Waals surface area contributed by atoms with Crippen LogP contribution in [0.15, 0.2) is 18.2 Å². The predicted octanol–water partition coefficient (Wildman–Crippen LogP) is 3.46. The van der Waals surface area contributed by atoms with Gasteiger partial charge in [-0.1, -0.05) is 31.5 Å². The van der Waals surface area contributed by atoms with Crippen molar-refractivity contribution < 1.29 is 18.0 Å². The second-order valence-electron chi connectivity index (χ2n) is 5.29. The van der Waals surface area contributed by atoms with Gasteiger partial charge in [-0.25, -0.2) is 0 Å². The molecule has 1 heterocycles. The maximum absolute atomic E-state index is 13.1. The van der Waals surface area contributed by atoms with Crippen LogP contribution in [0.25, 0.3) is 0 Å². The van der Waals surface area contributed by atoms with E-state index in [0.717, 1.165) is 11.0 Å². The van der Waals surface area contributed by atoms with E-state index in [1.807, 2.05) is 13.8 Å². The largest absolute Gasteiger partial charge is 0.418 e. The lowest BCUT2D eigenvalue weighted by Crippen LogP contribution is -2.42. The summed E-state index contributed by atoms with van der Waals surface area (Å²) < 4.78 is 39.3. The maximum atomic E-state index is 13.1.